The van der Waals surface area contributed by atoms with Crippen LogP contribution in [0.25, 0.3) is 0 Å². The summed E-state index contributed by atoms with van der Waals surface area (Å²) in [5.74, 6) is -1.05. The highest BCUT2D eigenvalue weighted by Gasteiger charge is 2.51. The van der Waals surface area contributed by atoms with Crippen LogP contribution in [-0.2, 0) is 23.7 Å². The zero-order chi connectivity index (χ0) is 21.2. The van der Waals surface area contributed by atoms with Gasteiger partial charge < -0.3 is 24.1 Å². The van der Waals surface area contributed by atoms with Crippen LogP contribution in [0.15, 0.2) is 30.3 Å². The highest BCUT2D eigenvalue weighted by atomic mass is 35.5. The number of nitrogens with zero attached hydrogens (tertiary/aromatic N) is 1. The third-order valence-electron chi connectivity index (χ3n) is 4.66. The second kappa shape index (κ2) is 8.87. The third-order valence-corrected chi connectivity index (χ3v) is 4.88. The monoisotopic (exact) mass is 427 g/mol. The van der Waals surface area contributed by atoms with Crippen LogP contribution in [0, 0.1) is 0 Å². The average molecular weight is 428 g/mol. The van der Waals surface area contributed by atoms with Crippen molar-refractivity contribution in [2.75, 3.05) is 19.0 Å². The predicted octanol–water partition coefficient (Wildman–Crippen LogP) is 2.23. The number of aliphatic hydroxyl groups is 1. The molecule has 2 saturated heterocycles. The summed E-state index contributed by atoms with van der Waals surface area (Å²) in [7, 11) is 0. The van der Waals surface area contributed by atoms with Crippen LogP contribution in [0.2, 0.25) is 0 Å². The van der Waals surface area contributed by atoms with E-state index in [9.17, 15) is 14.7 Å². The molecule has 0 spiro atoms. The van der Waals surface area contributed by atoms with Gasteiger partial charge in [0.2, 0.25) is 0 Å². The minimum absolute atomic E-state index is 0.0530. The number of hydrogen-bond acceptors (Lipinski definition) is 7. The Hall–Kier alpha value is -1.87. The lowest BCUT2D eigenvalue weighted by molar-refractivity contribution is -0.285. The Kier molecular flexibility index (Phi) is 6.68. The molecule has 160 valence electrons. The Morgan fingerprint density at radius 3 is 2.59 bits per heavy atom. The molecular weight excluding hydrogens is 402 g/mol. The molecule has 1 unspecified atom stereocenters. The van der Waals surface area contributed by atoms with E-state index in [-0.39, 0.29) is 19.0 Å². The highest BCUT2D eigenvalue weighted by molar-refractivity contribution is 6.26. The van der Waals surface area contributed by atoms with Gasteiger partial charge in [0, 0.05) is 5.56 Å². The first kappa shape index (κ1) is 21.8. The van der Waals surface area contributed by atoms with Gasteiger partial charge in [0.15, 0.2) is 6.29 Å². The maximum atomic E-state index is 12.8. The van der Waals surface area contributed by atoms with E-state index >= 15 is 0 Å². The number of carbonyl (C=O) groups excluding carboxylic acids is 2. The number of ether oxygens (including phenoxy) is 4. The number of aliphatic hydroxyl groups excluding tert-OH is 1. The molecule has 5 atom stereocenters. The van der Waals surface area contributed by atoms with E-state index in [1.807, 2.05) is 30.3 Å². The lowest BCUT2D eigenvalue weighted by Gasteiger charge is -2.49. The van der Waals surface area contributed by atoms with E-state index in [1.165, 1.54) is 4.90 Å². The normalized spacial score (nSPS) is 29.7. The maximum absolute atomic E-state index is 12.8. The van der Waals surface area contributed by atoms with Crippen LogP contribution in [0.5, 0.6) is 0 Å². The molecule has 1 N–H and O–H groups in total. The first-order chi connectivity index (χ1) is 13.7. The molecule has 0 aromatic heterocycles. The van der Waals surface area contributed by atoms with Crippen molar-refractivity contribution in [3.8, 4) is 0 Å². The van der Waals surface area contributed by atoms with Crippen molar-refractivity contribution in [3.05, 3.63) is 35.9 Å². The number of fused-ring (bicyclic) bond motifs is 1. The molecule has 2 aliphatic heterocycles. The fourth-order valence-corrected chi connectivity index (χ4v) is 3.46. The summed E-state index contributed by atoms with van der Waals surface area (Å²) >= 11 is 5.53. The molecule has 2 heterocycles. The molecule has 0 saturated carbocycles. The molecule has 3 rings (SSSR count). The Balaban J connectivity index is 1.83. The van der Waals surface area contributed by atoms with Gasteiger partial charge in [-0.1, -0.05) is 30.3 Å². The fourth-order valence-electron chi connectivity index (χ4n) is 3.40. The maximum Gasteiger partial charge on any atom is 0.410 e. The Labute approximate surface area is 174 Å². The average Bonchev–Trinajstić information content (AvgIpc) is 2.69. The number of alkyl halides is 1. The lowest BCUT2D eigenvalue weighted by Crippen LogP contribution is -2.67. The molecule has 29 heavy (non-hydrogen) atoms. The van der Waals surface area contributed by atoms with Gasteiger partial charge in [0.25, 0.3) is 0 Å². The number of amides is 1. The molecule has 0 radical (unpaired) electrons. The van der Waals surface area contributed by atoms with Crippen LogP contribution in [0.3, 0.4) is 0 Å². The molecule has 9 heteroatoms. The van der Waals surface area contributed by atoms with E-state index in [1.54, 1.807) is 20.8 Å². The van der Waals surface area contributed by atoms with Gasteiger partial charge in [-0.2, -0.15) is 0 Å². The highest BCUT2D eigenvalue weighted by Crippen LogP contribution is 2.35. The standard InChI is InChI=1S/C20H26ClNO7/c1-20(2,3)29-19(25)22-10-14(27-15(23)9-21)16(24)17-13(22)11-26-18(28-17)12-7-5-4-6-8-12/h4-8,13-14,16-18,24H,9-11H2,1-3H3/t13-,14+,16-,17-,18?/m1/s1. The smallest absolute Gasteiger partial charge is 0.410 e. The quantitative estimate of drug-likeness (QED) is 0.583. The second-order valence-electron chi connectivity index (χ2n) is 8.03. The van der Waals surface area contributed by atoms with E-state index in [4.69, 9.17) is 30.5 Å². The molecular formula is C20H26ClNO7. The molecule has 0 aliphatic carbocycles. The number of rotatable bonds is 3. The van der Waals surface area contributed by atoms with Gasteiger partial charge in [0.1, 0.15) is 29.8 Å². The summed E-state index contributed by atoms with van der Waals surface area (Å²) < 4.78 is 22.6. The van der Waals surface area contributed by atoms with Crippen molar-refractivity contribution in [2.24, 2.45) is 0 Å². The topological polar surface area (TPSA) is 94.5 Å². The zero-order valence-corrected chi connectivity index (χ0v) is 17.4. The van der Waals surface area contributed by atoms with E-state index in [0.29, 0.717) is 0 Å². The summed E-state index contributed by atoms with van der Waals surface area (Å²) in [5.41, 5.74) is 0.0651. The SMILES string of the molecule is CC(C)(C)OC(=O)N1C[C@H](OC(=O)CCl)[C@@H](O)[C@@H]2OC(c3ccccc3)OC[C@H]21. The summed E-state index contributed by atoms with van der Waals surface area (Å²) in [4.78, 5) is 25.9. The minimum Gasteiger partial charge on any atom is -0.457 e. The molecule has 1 aromatic rings. The summed E-state index contributed by atoms with van der Waals surface area (Å²) in [6, 6.07) is 8.67. The number of hydrogen-bond donors (Lipinski definition) is 1. The number of esters is 1. The van der Waals surface area contributed by atoms with Crippen LogP contribution in [0.1, 0.15) is 32.6 Å². The van der Waals surface area contributed by atoms with Crippen LogP contribution in [0.4, 0.5) is 4.79 Å². The van der Waals surface area contributed by atoms with Gasteiger partial charge in [-0.3, -0.25) is 9.69 Å². The van der Waals surface area contributed by atoms with Crippen molar-refractivity contribution in [1.82, 2.24) is 4.90 Å². The summed E-state index contributed by atoms with van der Waals surface area (Å²) in [6.45, 7) is 5.35. The van der Waals surface area contributed by atoms with Crippen LogP contribution >= 0.6 is 11.6 Å². The van der Waals surface area contributed by atoms with Gasteiger partial charge >= 0.3 is 12.1 Å². The largest absolute Gasteiger partial charge is 0.457 e. The van der Waals surface area contributed by atoms with Gasteiger partial charge in [-0.15, -0.1) is 11.6 Å². The Bertz CT molecular complexity index is 723. The number of likely N-dealkylation sites (tertiary alicyclic amines) is 1. The van der Waals surface area contributed by atoms with Crippen LogP contribution < -0.4 is 0 Å². The molecule has 2 aliphatic rings. The van der Waals surface area contributed by atoms with E-state index in [2.05, 4.69) is 0 Å². The lowest BCUT2D eigenvalue weighted by atomic mass is 9.93. The van der Waals surface area contributed by atoms with Crippen LogP contribution in [-0.4, -0.2) is 71.1 Å². The summed E-state index contributed by atoms with van der Waals surface area (Å²) in [5, 5.41) is 10.8. The Morgan fingerprint density at radius 1 is 1.28 bits per heavy atom. The molecule has 2 fully saturated rings. The molecule has 1 amide bonds. The third kappa shape index (κ3) is 5.19. The van der Waals surface area contributed by atoms with Gasteiger partial charge in [-0.05, 0) is 20.8 Å². The van der Waals surface area contributed by atoms with Gasteiger partial charge in [0.05, 0.1) is 19.2 Å². The molecule has 8 nitrogen and oxygen atoms in total. The molecule has 1 aromatic carbocycles. The van der Waals surface area contributed by atoms with E-state index < -0.39 is 48.3 Å². The molecule has 0 bridgehead atoms. The Morgan fingerprint density at radius 2 is 1.97 bits per heavy atom. The first-order valence-electron chi connectivity index (χ1n) is 9.45. The minimum atomic E-state index is -1.15. The first-order valence-corrected chi connectivity index (χ1v) is 9.98. The van der Waals surface area contributed by atoms with Crippen molar-refractivity contribution in [3.63, 3.8) is 0 Å². The second-order valence-corrected chi connectivity index (χ2v) is 8.30. The van der Waals surface area contributed by atoms with Gasteiger partial charge in [-0.25, -0.2) is 4.79 Å². The predicted molar refractivity (Wildman–Crippen MR) is 103 cm³/mol. The number of halogens is 1. The van der Waals surface area contributed by atoms with Crippen molar-refractivity contribution in [1.29, 1.82) is 0 Å². The van der Waals surface area contributed by atoms with E-state index in [0.717, 1.165) is 5.56 Å². The number of carbonyl (C=O) groups is 2. The number of piperidine rings is 1. The van der Waals surface area contributed by atoms with Crippen molar-refractivity contribution in [2.45, 2.75) is 57.0 Å². The van der Waals surface area contributed by atoms with Crippen molar-refractivity contribution >= 4 is 23.7 Å². The number of benzene rings is 1. The fraction of sp³-hybridized carbons (Fsp3) is 0.600. The zero-order valence-electron chi connectivity index (χ0n) is 16.6. The summed E-state index contributed by atoms with van der Waals surface area (Å²) in [6.07, 6.45) is -4.29. The van der Waals surface area contributed by atoms with Crippen molar-refractivity contribution < 1.29 is 33.6 Å².